The normalized spacial score (nSPS) is 19.4. The Kier molecular flexibility index (Phi) is 6.02. The topological polar surface area (TPSA) is 92.4 Å². The molecular formula is C14H24N2O3. The molecule has 108 valence electrons. The molecule has 5 heteroatoms. The number of rotatable bonds is 7. The molecule has 1 amide bonds. The van der Waals surface area contributed by atoms with Crippen molar-refractivity contribution in [2.45, 2.75) is 51.0 Å². The van der Waals surface area contributed by atoms with E-state index in [2.05, 4.69) is 11.9 Å². The smallest absolute Gasteiger partial charge is 0.326 e. The van der Waals surface area contributed by atoms with Crippen LogP contribution in [0.25, 0.3) is 0 Å². The Hall–Kier alpha value is -1.36. The van der Waals surface area contributed by atoms with E-state index in [9.17, 15) is 9.59 Å². The summed E-state index contributed by atoms with van der Waals surface area (Å²) in [6, 6.07) is -0.886. The molecule has 1 atom stereocenters. The summed E-state index contributed by atoms with van der Waals surface area (Å²) in [5.74, 6) is -1.25. The first kappa shape index (κ1) is 15.7. The van der Waals surface area contributed by atoms with Crippen molar-refractivity contribution in [2.75, 3.05) is 6.54 Å². The number of nitrogens with two attached hydrogens (primary N) is 1. The molecule has 4 N–H and O–H groups in total. The lowest BCUT2D eigenvalue weighted by Crippen LogP contribution is -2.44. The molecular weight excluding hydrogens is 244 g/mol. The van der Waals surface area contributed by atoms with E-state index in [1.807, 2.05) is 0 Å². The number of carboxylic acid groups (broad SMARTS) is 1. The molecule has 1 aliphatic rings. The Morgan fingerprint density at radius 2 is 2.00 bits per heavy atom. The second-order valence-electron chi connectivity index (χ2n) is 5.42. The van der Waals surface area contributed by atoms with Gasteiger partial charge in [0.15, 0.2) is 0 Å². The molecule has 0 spiro atoms. The molecule has 0 saturated heterocycles. The highest BCUT2D eigenvalue weighted by Crippen LogP contribution is 2.38. The first-order valence-corrected chi connectivity index (χ1v) is 6.86. The van der Waals surface area contributed by atoms with Gasteiger partial charge in [0.2, 0.25) is 5.91 Å². The number of hydrogen-bond acceptors (Lipinski definition) is 3. The summed E-state index contributed by atoms with van der Waals surface area (Å²) in [5, 5.41) is 11.6. The number of amides is 1. The van der Waals surface area contributed by atoms with Crippen LogP contribution in [0.3, 0.4) is 0 Å². The molecule has 0 aromatic heterocycles. The van der Waals surface area contributed by atoms with Crippen molar-refractivity contribution in [1.29, 1.82) is 0 Å². The van der Waals surface area contributed by atoms with E-state index in [0.29, 0.717) is 13.0 Å². The van der Waals surface area contributed by atoms with Gasteiger partial charge in [0.25, 0.3) is 0 Å². The van der Waals surface area contributed by atoms with E-state index in [-0.39, 0.29) is 17.7 Å². The van der Waals surface area contributed by atoms with Crippen LogP contribution >= 0.6 is 0 Å². The van der Waals surface area contributed by atoms with Crippen LogP contribution in [0.4, 0.5) is 0 Å². The number of hydrogen-bond donors (Lipinski definition) is 3. The number of nitrogens with one attached hydrogen (secondary N) is 1. The maximum Gasteiger partial charge on any atom is 0.326 e. The Bertz CT molecular complexity index is 336. The average Bonchev–Trinajstić information content (AvgIpc) is 2.39. The summed E-state index contributed by atoms with van der Waals surface area (Å²) >= 11 is 0. The van der Waals surface area contributed by atoms with E-state index in [1.165, 1.54) is 12.5 Å². The second-order valence-corrected chi connectivity index (χ2v) is 5.42. The van der Waals surface area contributed by atoms with E-state index < -0.39 is 12.0 Å². The van der Waals surface area contributed by atoms with Crippen molar-refractivity contribution in [2.24, 2.45) is 11.1 Å². The third-order valence-electron chi connectivity index (χ3n) is 3.92. The van der Waals surface area contributed by atoms with Gasteiger partial charge in [0, 0.05) is 6.42 Å². The van der Waals surface area contributed by atoms with Crippen LogP contribution < -0.4 is 11.1 Å². The zero-order chi connectivity index (χ0) is 14.3. The zero-order valence-electron chi connectivity index (χ0n) is 11.4. The van der Waals surface area contributed by atoms with Crippen molar-refractivity contribution in [3.8, 4) is 0 Å². The minimum absolute atomic E-state index is 0.139. The van der Waals surface area contributed by atoms with E-state index >= 15 is 0 Å². The van der Waals surface area contributed by atoms with Gasteiger partial charge in [-0.2, -0.15) is 0 Å². The number of carbonyl (C=O) groups excluding carboxylic acids is 1. The van der Waals surface area contributed by atoms with Gasteiger partial charge in [-0.25, -0.2) is 4.79 Å². The fourth-order valence-corrected chi connectivity index (χ4v) is 2.73. The third-order valence-corrected chi connectivity index (χ3v) is 3.92. The van der Waals surface area contributed by atoms with Gasteiger partial charge in [-0.15, -0.1) is 6.58 Å². The van der Waals surface area contributed by atoms with E-state index in [0.717, 1.165) is 25.7 Å². The van der Waals surface area contributed by atoms with E-state index in [4.69, 9.17) is 10.8 Å². The fourth-order valence-electron chi connectivity index (χ4n) is 2.73. The highest BCUT2D eigenvalue weighted by atomic mass is 16.4. The molecule has 1 aliphatic carbocycles. The van der Waals surface area contributed by atoms with Gasteiger partial charge >= 0.3 is 5.97 Å². The van der Waals surface area contributed by atoms with Gasteiger partial charge in [-0.1, -0.05) is 25.3 Å². The van der Waals surface area contributed by atoms with Crippen molar-refractivity contribution >= 4 is 11.9 Å². The molecule has 5 nitrogen and oxygen atoms in total. The Balaban J connectivity index is 2.56. The van der Waals surface area contributed by atoms with Crippen LogP contribution in [-0.2, 0) is 9.59 Å². The van der Waals surface area contributed by atoms with Gasteiger partial charge in [-0.05, 0) is 31.2 Å². The summed E-state index contributed by atoms with van der Waals surface area (Å²) in [6.07, 6.45) is 7.35. The minimum atomic E-state index is -1.03. The van der Waals surface area contributed by atoms with Gasteiger partial charge < -0.3 is 16.2 Å². The van der Waals surface area contributed by atoms with Crippen LogP contribution in [0.2, 0.25) is 0 Å². The highest BCUT2D eigenvalue weighted by molar-refractivity contribution is 5.84. The molecule has 0 radical (unpaired) electrons. The average molecular weight is 268 g/mol. The summed E-state index contributed by atoms with van der Waals surface area (Å²) in [7, 11) is 0. The molecule has 1 unspecified atom stereocenters. The van der Waals surface area contributed by atoms with E-state index in [1.54, 1.807) is 0 Å². The molecule has 19 heavy (non-hydrogen) atoms. The van der Waals surface area contributed by atoms with Crippen LogP contribution in [0.1, 0.15) is 44.9 Å². The molecule has 1 saturated carbocycles. The molecule has 0 heterocycles. The Morgan fingerprint density at radius 1 is 1.37 bits per heavy atom. The number of aliphatic carboxylic acids is 1. The molecule has 1 fully saturated rings. The first-order valence-electron chi connectivity index (χ1n) is 6.86. The zero-order valence-corrected chi connectivity index (χ0v) is 11.4. The lowest BCUT2D eigenvalue weighted by Gasteiger charge is -2.35. The molecule has 0 aliphatic heterocycles. The Morgan fingerprint density at radius 3 is 2.47 bits per heavy atom. The number of carbonyl (C=O) groups is 2. The lowest BCUT2D eigenvalue weighted by molar-refractivity contribution is -0.142. The summed E-state index contributed by atoms with van der Waals surface area (Å²) in [6.45, 7) is 3.99. The maximum atomic E-state index is 12.0. The summed E-state index contributed by atoms with van der Waals surface area (Å²) in [5.41, 5.74) is 5.68. The largest absolute Gasteiger partial charge is 0.480 e. The van der Waals surface area contributed by atoms with Crippen LogP contribution in [-0.4, -0.2) is 29.6 Å². The summed E-state index contributed by atoms with van der Waals surface area (Å²) < 4.78 is 0. The SMILES string of the molecule is C=CCC(NC(=O)CC1(CN)CCCCC1)C(=O)O. The molecule has 0 aromatic rings. The van der Waals surface area contributed by atoms with Gasteiger partial charge in [0.05, 0.1) is 0 Å². The standard InChI is InChI=1S/C14H24N2O3/c1-2-6-11(13(18)19)16-12(17)9-14(10-15)7-4-3-5-8-14/h2,11H,1,3-10,15H2,(H,16,17)(H,18,19). The molecule has 1 rings (SSSR count). The minimum Gasteiger partial charge on any atom is -0.480 e. The predicted molar refractivity (Wildman–Crippen MR) is 73.6 cm³/mol. The Labute approximate surface area is 114 Å². The van der Waals surface area contributed by atoms with Gasteiger partial charge in [-0.3, -0.25) is 4.79 Å². The second kappa shape index (κ2) is 7.28. The molecule has 0 bridgehead atoms. The van der Waals surface area contributed by atoms with Crippen molar-refractivity contribution < 1.29 is 14.7 Å². The van der Waals surface area contributed by atoms with Crippen LogP contribution in [0, 0.1) is 5.41 Å². The maximum absolute atomic E-state index is 12.0. The summed E-state index contributed by atoms with van der Waals surface area (Å²) in [4.78, 5) is 23.0. The highest BCUT2D eigenvalue weighted by Gasteiger charge is 2.33. The quantitative estimate of drug-likeness (QED) is 0.609. The van der Waals surface area contributed by atoms with Gasteiger partial charge in [0.1, 0.15) is 6.04 Å². The third kappa shape index (κ3) is 4.67. The van der Waals surface area contributed by atoms with Crippen LogP contribution in [0.5, 0.6) is 0 Å². The predicted octanol–water partition coefficient (Wildman–Crippen LogP) is 1.43. The lowest BCUT2D eigenvalue weighted by atomic mass is 9.71. The van der Waals surface area contributed by atoms with Crippen molar-refractivity contribution in [3.63, 3.8) is 0 Å². The van der Waals surface area contributed by atoms with Crippen molar-refractivity contribution in [3.05, 3.63) is 12.7 Å². The number of carboxylic acids is 1. The van der Waals surface area contributed by atoms with Crippen LogP contribution in [0.15, 0.2) is 12.7 Å². The molecule has 0 aromatic carbocycles. The first-order chi connectivity index (χ1) is 9.03. The fraction of sp³-hybridized carbons (Fsp3) is 0.714. The van der Waals surface area contributed by atoms with Crippen molar-refractivity contribution in [1.82, 2.24) is 5.32 Å². The monoisotopic (exact) mass is 268 g/mol.